The number of carbonyl (C=O) groups is 2. The second-order valence-corrected chi connectivity index (χ2v) is 4.44. The lowest BCUT2D eigenvalue weighted by atomic mass is 10.1. The molecule has 0 aliphatic rings. The van der Waals surface area contributed by atoms with Gasteiger partial charge in [-0.15, -0.1) is 0 Å². The van der Waals surface area contributed by atoms with Crippen molar-refractivity contribution >= 4 is 33.3 Å². The molecule has 1 N–H and O–H groups in total. The maximum absolute atomic E-state index is 11.9. The summed E-state index contributed by atoms with van der Waals surface area (Å²) in [5, 5.41) is 2.65. The molecule has 0 spiro atoms. The lowest BCUT2D eigenvalue weighted by molar-refractivity contribution is 0.0995. The molecular formula is C13H10BrNO3. The fourth-order valence-electron chi connectivity index (χ4n) is 1.52. The molecule has 4 nitrogen and oxygen atoms in total. The van der Waals surface area contributed by atoms with Crippen molar-refractivity contribution in [1.82, 2.24) is 0 Å². The van der Waals surface area contributed by atoms with E-state index in [0.29, 0.717) is 15.9 Å². The second-order valence-electron chi connectivity index (χ2n) is 3.66. The van der Waals surface area contributed by atoms with E-state index in [4.69, 9.17) is 4.42 Å². The van der Waals surface area contributed by atoms with Crippen LogP contribution in [-0.2, 0) is 0 Å². The third kappa shape index (κ3) is 2.68. The first-order chi connectivity index (χ1) is 8.58. The van der Waals surface area contributed by atoms with Gasteiger partial charge in [-0.25, -0.2) is 0 Å². The number of hydrogen-bond donors (Lipinski definition) is 1. The number of carbonyl (C=O) groups excluding carboxylic acids is 2. The van der Waals surface area contributed by atoms with Crippen molar-refractivity contribution in [3.05, 3.63) is 52.4 Å². The van der Waals surface area contributed by atoms with Gasteiger partial charge in [0.15, 0.2) is 16.2 Å². The van der Waals surface area contributed by atoms with Gasteiger partial charge in [0, 0.05) is 5.56 Å². The number of amides is 1. The smallest absolute Gasteiger partial charge is 0.291 e. The topological polar surface area (TPSA) is 59.3 Å². The summed E-state index contributed by atoms with van der Waals surface area (Å²) < 4.78 is 5.62. The molecule has 0 bridgehead atoms. The number of nitrogens with one attached hydrogen (secondary N) is 1. The van der Waals surface area contributed by atoms with Gasteiger partial charge < -0.3 is 9.73 Å². The van der Waals surface area contributed by atoms with Crippen molar-refractivity contribution in [2.45, 2.75) is 6.92 Å². The van der Waals surface area contributed by atoms with Crippen molar-refractivity contribution < 1.29 is 14.0 Å². The zero-order valence-corrected chi connectivity index (χ0v) is 11.2. The summed E-state index contributed by atoms with van der Waals surface area (Å²) in [6.07, 6.45) is 0. The Bertz CT molecular complexity index is 604. The Hall–Kier alpha value is -1.88. The lowest BCUT2D eigenvalue weighted by Gasteiger charge is -2.07. The Kier molecular flexibility index (Phi) is 3.62. The van der Waals surface area contributed by atoms with Crippen LogP contribution in [0.5, 0.6) is 0 Å². The summed E-state index contributed by atoms with van der Waals surface area (Å²) in [4.78, 5) is 23.3. The number of benzene rings is 1. The molecule has 0 saturated heterocycles. The van der Waals surface area contributed by atoms with E-state index in [1.807, 2.05) is 0 Å². The van der Waals surface area contributed by atoms with Gasteiger partial charge in [-0.05, 0) is 47.1 Å². The van der Waals surface area contributed by atoms with E-state index >= 15 is 0 Å². The first kappa shape index (κ1) is 12.6. The Morgan fingerprint density at radius 3 is 2.50 bits per heavy atom. The van der Waals surface area contributed by atoms with Gasteiger partial charge in [0.1, 0.15) is 0 Å². The predicted octanol–water partition coefficient (Wildman–Crippen LogP) is 3.50. The van der Waals surface area contributed by atoms with Gasteiger partial charge in [-0.2, -0.15) is 0 Å². The summed E-state index contributed by atoms with van der Waals surface area (Å²) in [6.45, 7) is 1.45. The molecule has 0 fully saturated rings. The third-order valence-corrected chi connectivity index (χ3v) is 2.78. The minimum Gasteiger partial charge on any atom is -0.444 e. The van der Waals surface area contributed by atoms with Gasteiger partial charge in [0.05, 0.1) is 5.69 Å². The van der Waals surface area contributed by atoms with Crippen LogP contribution in [0.1, 0.15) is 27.8 Å². The molecule has 0 aliphatic heterocycles. The standard InChI is InChI=1S/C13H10BrNO3/c1-8(16)9-4-2-3-5-10(9)15-13(17)11-6-7-12(14)18-11/h2-7H,1H3,(H,15,17). The summed E-state index contributed by atoms with van der Waals surface area (Å²) in [5.74, 6) is -0.318. The molecule has 1 heterocycles. The monoisotopic (exact) mass is 307 g/mol. The maximum Gasteiger partial charge on any atom is 0.291 e. The molecule has 0 radical (unpaired) electrons. The molecule has 0 saturated carbocycles. The number of rotatable bonds is 3. The van der Waals surface area contributed by atoms with Crippen LogP contribution in [0.4, 0.5) is 5.69 Å². The average Bonchev–Trinajstić information content (AvgIpc) is 2.76. The molecule has 1 amide bonds. The lowest BCUT2D eigenvalue weighted by Crippen LogP contribution is -2.13. The zero-order valence-electron chi connectivity index (χ0n) is 9.57. The molecule has 0 unspecified atom stereocenters. The van der Waals surface area contributed by atoms with Gasteiger partial charge in [0.2, 0.25) is 0 Å². The Balaban J connectivity index is 2.24. The van der Waals surface area contributed by atoms with Crippen LogP contribution < -0.4 is 5.32 Å². The van der Waals surface area contributed by atoms with E-state index in [1.54, 1.807) is 36.4 Å². The number of ketones is 1. The van der Waals surface area contributed by atoms with E-state index in [2.05, 4.69) is 21.2 Å². The molecule has 0 atom stereocenters. The highest BCUT2D eigenvalue weighted by Crippen LogP contribution is 2.19. The first-order valence-corrected chi connectivity index (χ1v) is 6.04. The van der Waals surface area contributed by atoms with E-state index in [1.165, 1.54) is 6.92 Å². The van der Waals surface area contributed by atoms with Gasteiger partial charge in [-0.3, -0.25) is 9.59 Å². The first-order valence-electron chi connectivity index (χ1n) is 5.24. The van der Waals surface area contributed by atoms with Gasteiger partial charge >= 0.3 is 0 Å². The van der Waals surface area contributed by atoms with E-state index < -0.39 is 5.91 Å². The van der Waals surface area contributed by atoms with Crippen molar-refractivity contribution in [3.8, 4) is 0 Å². The molecular weight excluding hydrogens is 298 g/mol. The van der Waals surface area contributed by atoms with Crippen LogP contribution >= 0.6 is 15.9 Å². The summed E-state index contributed by atoms with van der Waals surface area (Å²) in [6, 6.07) is 10.0. The summed E-state index contributed by atoms with van der Waals surface area (Å²) in [5.41, 5.74) is 0.944. The van der Waals surface area contributed by atoms with Crippen LogP contribution in [0.25, 0.3) is 0 Å². The third-order valence-electron chi connectivity index (χ3n) is 2.35. The molecule has 5 heteroatoms. The molecule has 0 aliphatic carbocycles. The number of halogens is 1. The van der Waals surface area contributed by atoms with E-state index in [9.17, 15) is 9.59 Å². The number of Topliss-reactive ketones (excluding diaryl/α,β-unsaturated/α-hetero) is 1. The van der Waals surface area contributed by atoms with E-state index in [-0.39, 0.29) is 11.5 Å². The maximum atomic E-state index is 11.9. The fraction of sp³-hybridized carbons (Fsp3) is 0.0769. The van der Waals surface area contributed by atoms with E-state index in [0.717, 1.165) is 0 Å². The number of anilines is 1. The predicted molar refractivity (Wildman–Crippen MR) is 70.8 cm³/mol. The average molecular weight is 308 g/mol. The highest BCUT2D eigenvalue weighted by atomic mass is 79.9. The van der Waals surface area contributed by atoms with Crippen LogP contribution in [0.2, 0.25) is 0 Å². The highest BCUT2D eigenvalue weighted by Gasteiger charge is 2.13. The van der Waals surface area contributed by atoms with Crippen molar-refractivity contribution in [2.24, 2.45) is 0 Å². The molecule has 92 valence electrons. The minimum atomic E-state index is -0.394. The summed E-state index contributed by atoms with van der Waals surface area (Å²) >= 11 is 3.12. The van der Waals surface area contributed by atoms with Crippen molar-refractivity contribution in [1.29, 1.82) is 0 Å². The number of hydrogen-bond acceptors (Lipinski definition) is 3. The van der Waals surface area contributed by atoms with Crippen molar-refractivity contribution in [2.75, 3.05) is 5.32 Å². The Labute approximate surface area is 112 Å². The molecule has 2 rings (SSSR count). The number of para-hydroxylation sites is 1. The molecule has 1 aromatic heterocycles. The summed E-state index contributed by atoms with van der Waals surface area (Å²) in [7, 11) is 0. The molecule has 18 heavy (non-hydrogen) atoms. The quantitative estimate of drug-likeness (QED) is 0.883. The van der Waals surface area contributed by atoms with Crippen molar-refractivity contribution in [3.63, 3.8) is 0 Å². The normalized spacial score (nSPS) is 10.1. The molecule has 1 aromatic carbocycles. The van der Waals surface area contributed by atoms with Crippen LogP contribution in [0.15, 0.2) is 45.5 Å². The second kappa shape index (κ2) is 5.18. The van der Waals surface area contributed by atoms with Gasteiger partial charge in [-0.1, -0.05) is 12.1 Å². The van der Waals surface area contributed by atoms with Gasteiger partial charge in [0.25, 0.3) is 5.91 Å². The fourth-order valence-corrected chi connectivity index (χ4v) is 1.83. The largest absolute Gasteiger partial charge is 0.444 e. The van der Waals surface area contributed by atoms with Crippen LogP contribution in [-0.4, -0.2) is 11.7 Å². The van der Waals surface area contributed by atoms with Crippen LogP contribution in [0, 0.1) is 0 Å². The highest BCUT2D eigenvalue weighted by molar-refractivity contribution is 9.10. The Morgan fingerprint density at radius 2 is 1.89 bits per heavy atom. The zero-order chi connectivity index (χ0) is 13.1. The minimum absolute atomic E-state index is 0.105. The molecule has 2 aromatic rings. The SMILES string of the molecule is CC(=O)c1ccccc1NC(=O)c1ccc(Br)o1. The van der Waals surface area contributed by atoms with Crippen LogP contribution in [0.3, 0.4) is 0 Å². The Morgan fingerprint density at radius 1 is 1.17 bits per heavy atom. The number of furan rings is 1.